The Morgan fingerprint density at radius 2 is 1.95 bits per heavy atom. The maximum Gasteiger partial charge on any atom is 0.310 e. The van der Waals surface area contributed by atoms with Gasteiger partial charge in [0.2, 0.25) is 10.0 Å². The highest BCUT2D eigenvalue weighted by Crippen LogP contribution is 2.33. The largest absolute Gasteiger partial charge is 0.469 e. The summed E-state index contributed by atoms with van der Waals surface area (Å²) >= 11 is 0. The number of rotatable bonds is 4. The summed E-state index contributed by atoms with van der Waals surface area (Å²) in [5.74, 6) is -1.30. The van der Waals surface area contributed by atoms with Crippen LogP contribution in [0.3, 0.4) is 0 Å². The summed E-state index contributed by atoms with van der Waals surface area (Å²) in [6.07, 6.45) is 4.00. The predicted molar refractivity (Wildman–Crippen MR) is 71.9 cm³/mol. The van der Waals surface area contributed by atoms with Crippen LogP contribution in [0.2, 0.25) is 0 Å². The van der Waals surface area contributed by atoms with E-state index in [9.17, 15) is 13.2 Å². The lowest BCUT2D eigenvalue weighted by atomic mass is 10.1. The topological polar surface area (TPSA) is 96.3 Å². The molecule has 0 aromatic rings. The van der Waals surface area contributed by atoms with E-state index in [0.717, 1.165) is 12.8 Å². The molecule has 0 spiro atoms. The molecule has 4 unspecified atom stereocenters. The molecular formula is C13H20N2O4S. The van der Waals surface area contributed by atoms with E-state index < -0.39 is 27.2 Å². The molecule has 6 nitrogen and oxygen atoms in total. The van der Waals surface area contributed by atoms with Crippen LogP contribution in [0.5, 0.6) is 0 Å². The molecule has 2 aliphatic rings. The zero-order valence-electron chi connectivity index (χ0n) is 11.5. The molecular weight excluding hydrogens is 280 g/mol. The van der Waals surface area contributed by atoms with Crippen molar-refractivity contribution in [2.75, 3.05) is 7.11 Å². The number of nitrogens with one attached hydrogen (secondary N) is 1. The van der Waals surface area contributed by atoms with Crippen LogP contribution in [0.15, 0.2) is 0 Å². The maximum absolute atomic E-state index is 12.5. The first kappa shape index (κ1) is 15.3. The van der Waals surface area contributed by atoms with E-state index in [0.29, 0.717) is 25.7 Å². The smallest absolute Gasteiger partial charge is 0.310 e. The van der Waals surface area contributed by atoms with Crippen molar-refractivity contribution < 1.29 is 17.9 Å². The second-order valence-electron chi connectivity index (χ2n) is 5.53. The molecule has 0 aromatic heterocycles. The predicted octanol–water partition coefficient (Wildman–Crippen LogP) is 0.940. The standard InChI is InChI=1S/C13H20N2O4S/c1-19-13(16)10-5-3-7-12(10)20(17,18)15-11-6-2-4-9(11)8-14/h9-12,15H,2-7H2,1H3. The molecule has 0 bridgehead atoms. The van der Waals surface area contributed by atoms with Crippen LogP contribution < -0.4 is 4.72 Å². The van der Waals surface area contributed by atoms with E-state index in [4.69, 9.17) is 5.26 Å². The minimum absolute atomic E-state index is 0.261. The van der Waals surface area contributed by atoms with Crippen molar-refractivity contribution in [2.45, 2.75) is 49.8 Å². The van der Waals surface area contributed by atoms with Gasteiger partial charge in [0.05, 0.1) is 30.3 Å². The summed E-state index contributed by atoms with van der Waals surface area (Å²) in [4.78, 5) is 11.7. The maximum atomic E-state index is 12.5. The van der Waals surface area contributed by atoms with E-state index in [2.05, 4.69) is 15.5 Å². The molecule has 1 N–H and O–H groups in total. The monoisotopic (exact) mass is 300 g/mol. The van der Waals surface area contributed by atoms with Gasteiger partial charge >= 0.3 is 5.97 Å². The van der Waals surface area contributed by atoms with E-state index in [1.165, 1.54) is 7.11 Å². The summed E-state index contributed by atoms with van der Waals surface area (Å²) < 4.78 is 32.2. The van der Waals surface area contributed by atoms with Gasteiger partial charge in [0.25, 0.3) is 0 Å². The first-order valence-corrected chi connectivity index (χ1v) is 8.53. The first-order chi connectivity index (χ1) is 9.49. The van der Waals surface area contributed by atoms with Crippen molar-refractivity contribution in [3.8, 4) is 6.07 Å². The Morgan fingerprint density at radius 1 is 1.25 bits per heavy atom. The summed E-state index contributed by atoms with van der Waals surface area (Å²) in [7, 11) is -2.31. The van der Waals surface area contributed by atoms with Crippen molar-refractivity contribution in [3.05, 3.63) is 0 Å². The van der Waals surface area contributed by atoms with Gasteiger partial charge in [-0.1, -0.05) is 12.8 Å². The average Bonchev–Trinajstić information content (AvgIpc) is 3.05. The Morgan fingerprint density at radius 3 is 2.60 bits per heavy atom. The molecule has 112 valence electrons. The second-order valence-corrected chi connectivity index (χ2v) is 7.47. The highest BCUT2D eigenvalue weighted by molar-refractivity contribution is 7.90. The number of esters is 1. The van der Waals surface area contributed by atoms with Crippen molar-refractivity contribution in [2.24, 2.45) is 11.8 Å². The van der Waals surface area contributed by atoms with Gasteiger partial charge in [-0.25, -0.2) is 13.1 Å². The molecule has 2 fully saturated rings. The highest BCUT2D eigenvalue weighted by atomic mass is 32.2. The van der Waals surface area contributed by atoms with Crippen molar-refractivity contribution in [1.29, 1.82) is 5.26 Å². The number of nitrogens with zero attached hydrogens (tertiary/aromatic N) is 1. The van der Waals surface area contributed by atoms with Crippen LogP contribution in [-0.2, 0) is 19.6 Å². The molecule has 4 atom stereocenters. The van der Waals surface area contributed by atoms with Crippen LogP contribution >= 0.6 is 0 Å². The number of methoxy groups -OCH3 is 1. The number of sulfonamides is 1. The van der Waals surface area contributed by atoms with Gasteiger partial charge in [-0.2, -0.15) is 5.26 Å². The number of ether oxygens (including phenoxy) is 1. The van der Waals surface area contributed by atoms with Crippen molar-refractivity contribution in [1.82, 2.24) is 4.72 Å². The van der Waals surface area contributed by atoms with Gasteiger partial charge in [0.1, 0.15) is 0 Å². The third-order valence-corrected chi connectivity index (χ3v) is 6.35. The molecule has 0 aromatic carbocycles. The number of carbonyl (C=O) groups is 1. The summed E-state index contributed by atoms with van der Waals surface area (Å²) in [6, 6.07) is 1.84. The molecule has 0 amide bonds. The highest BCUT2D eigenvalue weighted by Gasteiger charge is 2.44. The molecule has 20 heavy (non-hydrogen) atoms. The number of hydrogen-bond donors (Lipinski definition) is 1. The minimum atomic E-state index is -3.59. The minimum Gasteiger partial charge on any atom is -0.469 e. The van der Waals surface area contributed by atoms with E-state index in [1.807, 2.05) is 0 Å². The van der Waals surface area contributed by atoms with E-state index in [-0.39, 0.29) is 12.0 Å². The number of nitriles is 1. The van der Waals surface area contributed by atoms with Crippen LogP contribution in [0.25, 0.3) is 0 Å². The van der Waals surface area contributed by atoms with Crippen molar-refractivity contribution >= 4 is 16.0 Å². The van der Waals surface area contributed by atoms with E-state index >= 15 is 0 Å². The molecule has 2 rings (SSSR count). The van der Waals surface area contributed by atoms with Crippen LogP contribution in [-0.4, -0.2) is 32.8 Å². The van der Waals surface area contributed by atoms with Gasteiger partial charge in [-0.15, -0.1) is 0 Å². The van der Waals surface area contributed by atoms with Crippen LogP contribution in [0.4, 0.5) is 0 Å². The fraction of sp³-hybridized carbons (Fsp3) is 0.846. The number of carbonyl (C=O) groups excluding carboxylic acids is 1. The third-order valence-electron chi connectivity index (χ3n) is 4.35. The summed E-state index contributed by atoms with van der Waals surface area (Å²) in [5.41, 5.74) is 0. The van der Waals surface area contributed by atoms with Gasteiger partial charge in [-0.05, 0) is 25.7 Å². The van der Waals surface area contributed by atoms with Gasteiger partial charge in [0, 0.05) is 6.04 Å². The summed E-state index contributed by atoms with van der Waals surface area (Å²) in [6.45, 7) is 0. The normalized spacial score (nSPS) is 33.8. The lowest BCUT2D eigenvalue weighted by molar-refractivity contribution is -0.145. The Balaban J connectivity index is 2.10. The average molecular weight is 300 g/mol. The SMILES string of the molecule is COC(=O)C1CCCC1S(=O)(=O)NC1CCCC1C#N. The Kier molecular flexibility index (Phi) is 4.66. The fourth-order valence-electron chi connectivity index (χ4n) is 3.27. The molecule has 0 radical (unpaired) electrons. The molecule has 0 heterocycles. The third kappa shape index (κ3) is 2.96. The number of hydrogen-bond acceptors (Lipinski definition) is 5. The van der Waals surface area contributed by atoms with Gasteiger partial charge < -0.3 is 4.74 Å². The fourth-order valence-corrected chi connectivity index (χ4v) is 5.31. The van der Waals surface area contributed by atoms with Gasteiger partial charge in [-0.3, -0.25) is 4.79 Å². The molecule has 7 heteroatoms. The Hall–Kier alpha value is -1.13. The Labute approximate surface area is 119 Å². The summed E-state index contributed by atoms with van der Waals surface area (Å²) in [5, 5.41) is 8.29. The molecule has 2 saturated carbocycles. The lowest BCUT2D eigenvalue weighted by Gasteiger charge is -2.22. The lowest BCUT2D eigenvalue weighted by Crippen LogP contribution is -2.45. The first-order valence-electron chi connectivity index (χ1n) is 6.98. The van der Waals surface area contributed by atoms with Gasteiger partial charge in [0.15, 0.2) is 0 Å². The van der Waals surface area contributed by atoms with Crippen LogP contribution in [0, 0.1) is 23.2 Å². The van der Waals surface area contributed by atoms with Crippen molar-refractivity contribution in [3.63, 3.8) is 0 Å². The zero-order valence-corrected chi connectivity index (χ0v) is 12.4. The van der Waals surface area contributed by atoms with Crippen LogP contribution in [0.1, 0.15) is 38.5 Å². The van der Waals surface area contributed by atoms with E-state index in [1.54, 1.807) is 0 Å². The quantitative estimate of drug-likeness (QED) is 0.779. The Bertz CT molecular complexity index is 511. The molecule has 2 aliphatic carbocycles. The molecule has 0 saturated heterocycles. The second kappa shape index (κ2) is 6.10. The zero-order chi connectivity index (χ0) is 14.8. The molecule has 0 aliphatic heterocycles.